The van der Waals surface area contributed by atoms with Gasteiger partial charge >= 0.3 is 0 Å². The van der Waals surface area contributed by atoms with E-state index in [1.807, 2.05) is 13.8 Å². The van der Waals surface area contributed by atoms with Crippen molar-refractivity contribution in [1.29, 1.82) is 0 Å². The van der Waals surface area contributed by atoms with Gasteiger partial charge in [-0.1, -0.05) is 49.2 Å². The van der Waals surface area contributed by atoms with Gasteiger partial charge in [0.05, 0.1) is 42.5 Å². The molecule has 1 N–H and O–H groups in total. The third-order valence-corrected chi connectivity index (χ3v) is 5.82. The van der Waals surface area contributed by atoms with Gasteiger partial charge in [-0.15, -0.1) is 0 Å². The first kappa shape index (κ1) is 25.9. The fourth-order valence-corrected chi connectivity index (χ4v) is 4.32. The number of carbonyl (C=O) groups excluding carboxylic acids is 2. The molecule has 9 heteroatoms. The number of aliphatic hydroxyl groups is 1. The topological polar surface area (TPSA) is 85.3 Å². The summed E-state index contributed by atoms with van der Waals surface area (Å²) in [7, 11) is 2.89. The van der Waals surface area contributed by atoms with Crippen molar-refractivity contribution in [2.24, 2.45) is 5.92 Å². The second-order valence-corrected chi connectivity index (χ2v) is 9.07. The number of methoxy groups -OCH3 is 2. The summed E-state index contributed by atoms with van der Waals surface area (Å²) in [5.74, 6) is -0.824. The van der Waals surface area contributed by atoms with Crippen LogP contribution in [0.25, 0.3) is 5.76 Å². The fourth-order valence-electron chi connectivity index (χ4n) is 3.74. The van der Waals surface area contributed by atoms with E-state index in [4.69, 9.17) is 37.4 Å². The molecule has 1 fully saturated rings. The second-order valence-electron chi connectivity index (χ2n) is 8.23. The van der Waals surface area contributed by atoms with Gasteiger partial charge in [-0.05, 0) is 35.7 Å². The molecule has 1 atom stereocenters. The Morgan fingerprint density at radius 3 is 2.38 bits per heavy atom. The highest BCUT2D eigenvalue weighted by molar-refractivity contribution is 6.46. The first-order chi connectivity index (χ1) is 16.2. The molecule has 1 amide bonds. The predicted molar refractivity (Wildman–Crippen MR) is 131 cm³/mol. The van der Waals surface area contributed by atoms with Crippen LogP contribution in [0.1, 0.15) is 31.0 Å². The Bertz CT molecular complexity index is 1100. The zero-order chi connectivity index (χ0) is 25.0. The summed E-state index contributed by atoms with van der Waals surface area (Å²) in [6, 6.07) is 9.11. The van der Waals surface area contributed by atoms with E-state index in [0.717, 1.165) is 0 Å². The van der Waals surface area contributed by atoms with Crippen molar-refractivity contribution in [1.82, 2.24) is 4.90 Å². The summed E-state index contributed by atoms with van der Waals surface area (Å²) < 4.78 is 16.2. The molecule has 182 valence electrons. The van der Waals surface area contributed by atoms with Crippen LogP contribution in [-0.4, -0.2) is 55.7 Å². The molecule has 1 aliphatic rings. The SMILES string of the molecule is COCCN1C(=O)C(=O)/C(=C(/O)c2cc(Cl)cc(Cl)c2OC)C1c1ccc(OCC(C)C)cc1. The second kappa shape index (κ2) is 11.1. The standard InChI is InChI=1S/C25H27Cl2NO6/c1-14(2)13-34-17-7-5-15(6-8-17)21-20(23(30)25(31)28(21)9-10-32-3)22(29)18-11-16(26)12-19(27)24(18)33-4/h5-8,11-12,14,21,29H,9-10,13H2,1-4H3/b22-20+. The first-order valence-electron chi connectivity index (χ1n) is 10.7. The summed E-state index contributed by atoms with van der Waals surface area (Å²) in [6.07, 6.45) is 0. The Labute approximate surface area is 208 Å². The zero-order valence-electron chi connectivity index (χ0n) is 19.4. The van der Waals surface area contributed by atoms with Gasteiger partial charge in [0.25, 0.3) is 11.7 Å². The van der Waals surface area contributed by atoms with E-state index in [1.54, 1.807) is 24.3 Å². The van der Waals surface area contributed by atoms with Gasteiger partial charge in [0.15, 0.2) is 0 Å². The number of halogens is 2. The normalized spacial score (nSPS) is 17.5. The molecule has 34 heavy (non-hydrogen) atoms. The van der Waals surface area contributed by atoms with Crippen LogP contribution in [0.2, 0.25) is 10.0 Å². The number of Topliss-reactive ketones (excluding diaryl/α,β-unsaturated/α-hetero) is 1. The van der Waals surface area contributed by atoms with Crippen molar-refractivity contribution in [2.75, 3.05) is 34.0 Å². The molecular formula is C25H27Cl2NO6. The van der Waals surface area contributed by atoms with E-state index in [2.05, 4.69) is 0 Å². The number of ketones is 1. The molecule has 2 aromatic rings. The lowest BCUT2D eigenvalue weighted by molar-refractivity contribution is -0.140. The highest BCUT2D eigenvalue weighted by atomic mass is 35.5. The summed E-state index contributed by atoms with van der Waals surface area (Å²) >= 11 is 12.4. The Hall–Kier alpha value is -2.74. The Balaban J connectivity index is 2.14. The van der Waals surface area contributed by atoms with Crippen LogP contribution in [0.15, 0.2) is 42.0 Å². The van der Waals surface area contributed by atoms with Gasteiger partial charge in [0, 0.05) is 18.7 Å². The van der Waals surface area contributed by atoms with Crippen molar-refractivity contribution in [3.05, 3.63) is 63.1 Å². The van der Waals surface area contributed by atoms with Gasteiger partial charge in [-0.3, -0.25) is 9.59 Å². The predicted octanol–water partition coefficient (Wildman–Crippen LogP) is 5.10. The molecule has 1 heterocycles. The molecule has 0 saturated carbocycles. The number of nitrogens with zero attached hydrogens (tertiary/aromatic N) is 1. The van der Waals surface area contributed by atoms with E-state index in [-0.39, 0.29) is 40.1 Å². The molecule has 0 bridgehead atoms. The molecule has 3 rings (SSSR count). The molecular weight excluding hydrogens is 481 g/mol. The molecule has 2 aromatic carbocycles. The zero-order valence-corrected chi connectivity index (χ0v) is 20.9. The molecule has 7 nitrogen and oxygen atoms in total. The lowest BCUT2D eigenvalue weighted by Gasteiger charge is -2.25. The van der Waals surface area contributed by atoms with Crippen molar-refractivity contribution >= 4 is 40.7 Å². The molecule has 0 spiro atoms. The van der Waals surface area contributed by atoms with Gasteiger partial charge in [-0.25, -0.2) is 0 Å². The molecule has 0 aromatic heterocycles. The highest BCUT2D eigenvalue weighted by Crippen LogP contribution is 2.43. The smallest absolute Gasteiger partial charge is 0.295 e. The van der Waals surface area contributed by atoms with Crippen molar-refractivity contribution < 1.29 is 28.9 Å². The molecule has 1 saturated heterocycles. The molecule has 0 aliphatic carbocycles. The first-order valence-corrected chi connectivity index (χ1v) is 11.5. The average Bonchev–Trinajstić information content (AvgIpc) is 3.05. The fraction of sp³-hybridized carbons (Fsp3) is 0.360. The van der Waals surface area contributed by atoms with Crippen LogP contribution in [0.4, 0.5) is 0 Å². The quantitative estimate of drug-likeness (QED) is 0.288. The van der Waals surface area contributed by atoms with E-state index in [0.29, 0.717) is 23.8 Å². The summed E-state index contributed by atoms with van der Waals surface area (Å²) in [5, 5.41) is 11.7. The van der Waals surface area contributed by atoms with Crippen LogP contribution in [-0.2, 0) is 14.3 Å². The number of amides is 1. The van der Waals surface area contributed by atoms with Crippen molar-refractivity contribution in [3.8, 4) is 11.5 Å². The minimum atomic E-state index is -0.850. The third kappa shape index (κ3) is 5.32. The number of ether oxygens (including phenoxy) is 3. The minimum absolute atomic E-state index is 0.0893. The van der Waals surface area contributed by atoms with Crippen LogP contribution < -0.4 is 9.47 Å². The van der Waals surface area contributed by atoms with Crippen LogP contribution >= 0.6 is 23.2 Å². The maximum atomic E-state index is 13.1. The Morgan fingerprint density at radius 1 is 1.12 bits per heavy atom. The number of benzene rings is 2. The van der Waals surface area contributed by atoms with Crippen LogP contribution in [0, 0.1) is 5.92 Å². The van der Waals surface area contributed by atoms with Crippen LogP contribution in [0.3, 0.4) is 0 Å². The number of aliphatic hydroxyl groups excluding tert-OH is 1. The van der Waals surface area contributed by atoms with E-state index < -0.39 is 23.5 Å². The number of rotatable bonds is 9. The number of likely N-dealkylation sites (tertiary alicyclic amines) is 1. The summed E-state index contributed by atoms with van der Waals surface area (Å²) in [6.45, 7) is 5.02. The van der Waals surface area contributed by atoms with Gasteiger partial charge < -0.3 is 24.2 Å². The minimum Gasteiger partial charge on any atom is -0.507 e. The van der Waals surface area contributed by atoms with E-state index >= 15 is 0 Å². The van der Waals surface area contributed by atoms with E-state index in [1.165, 1.54) is 31.3 Å². The maximum Gasteiger partial charge on any atom is 0.295 e. The lowest BCUT2D eigenvalue weighted by atomic mass is 9.95. The monoisotopic (exact) mass is 507 g/mol. The number of hydrogen-bond acceptors (Lipinski definition) is 6. The summed E-state index contributed by atoms with van der Waals surface area (Å²) in [5.41, 5.74) is 0.654. The largest absolute Gasteiger partial charge is 0.507 e. The Kier molecular flexibility index (Phi) is 8.47. The van der Waals surface area contributed by atoms with Crippen LogP contribution in [0.5, 0.6) is 11.5 Å². The van der Waals surface area contributed by atoms with Crippen molar-refractivity contribution in [2.45, 2.75) is 19.9 Å². The van der Waals surface area contributed by atoms with Crippen molar-refractivity contribution in [3.63, 3.8) is 0 Å². The van der Waals surface area contributed by atoms with Gasteiger partial charge in [-0.2, -0.15) is 0 Å². The summed E-state index contributed by atoms with van der Waals surface area (Å²) in [4.78, 5) is 27.4. The van der Waals surface area contributed by atoms with Gasteiger partial charge in [0.2, 0.25) is 0 Å². The lowest BCUT2D eigenvalue weighted by Crippen LogP contribution is -2.32. The Morgan fingerprint density at radius 2 is 1.79 bits per heavy atom. The number of carbonyl (C=O) groups is 2. The maximum absolute atomic E-state index is 13.1. The number of hydrogen-bond donors (Lipinski definition) is 1. The molecule has 1 aliphatic heterocycles. The average molecular weight is 508 g/mol. The van der Waals surface area contributed by atoms with E-state index in [9.17, 15) is 14.7 Å². The highest BCUT2D eigenvalue weighted by Gasteiger charge is 2.46. The molecule has 0 radical (unpaired) electrons. The third-order valence-electron chi connectivity index (χ3n) is 5.32. The molecule has 1 unspecified atom stereocenters. The van der Waals surface area contributed by atoms with Gasteiger partial charge in [0.1, 0.15) is 17.3 Å².